The topological polar surface area (TPSA) is 69.3 Å². The van der Waals surface area contributed by atoms with Gasteiger partial charge in [-0.25, -0.2) is 8.78 Å². The second kappa shape index (κ2) is 8.42. The largest absolute Gasteiger partial charge is 0.419 e. The van der Waals surface area contributed by atoms with Crippen LogP contribution in [0.25, 0.3) is 0 Å². The standard InChI is InChI=1S/C22H23F5N4O2/c1-11(2)20(32)31-9-14-16(10-31)28-29-19(14)21(33)30-7-5-12(6-8-30)13-3-4-15(23)18(24)17(13)22(25,26)27/h3-4,11-12H,5-10H2,1-2H3,(H,28,29). The van der Waals surface area contributed by atoms with Crippen LogP contribution >= 0.6 is 0 Å². The lowest BCUT2D eigenvalue weighted by molar-refractivity contribution is -0.141. The number of hydrogen-bond acceptors (Lipinski definition) is 3. The van der Waals surface area contributed by atoms with E-state index in [4.69, 9.17) is 0 Å². The molecule has 0 saturated carbocycles. The van der Waals surface area contributed by atoms with Gasteiger partial charge in [0.15, 0.2) is 17.3 Å². The predicted octanol–water partition coefficient (Wildman–Crippen LogP) is 4.22. The zero-order valence-corrected chi connectivity index (χ0v) is 18.1. The van der Waals surface area contributed by atoms with Crippen LogP contribution in [0.3, 0.4) is 0 Å². The minimum atomic E-state index is -5.02. The van der Waals surface area contributed by atoms with Gasteiger partial charge in [0, 0.05) is 24.6 Å². The molecule has 2 aromatic rings. The Morgan fingerprint density at radius 2 is 1.76 bits per heavy atom. The number of amides is 2. The van der Waals surface area contributed by atoms with E-state index in [2.05, 4.69) is 10.2 Å². The summed E-state index contributed by atoms with van der Waals surface area (Å²) in [5.74, 6) is -4.69. The van der Waals surface area contributed by atoms with Crippen molar-refractivity contribution in [3.05, 3.63) is 51.8 Å². The lowest BCUT2D eigenvalue weighted by Gasteiger charge is -2.33. The number of benzene rings is 1. The molecule has 1 fully saturated rings. The highest BCUT2D eigenvalue weighted by Gasteiger charge is 2.41. The van der Waals surface area contributed by atoms with E-state index < -0.39 is 29.3 Å². The highest BCUT2D eigenvalue weighted by Crippen LogP contribution is 2.41. The summed E-state index contributed by atoms with van der Waals surface area (Å²) in [6.45, 7) is 4.49. The first-order valence-corrected chi connectivity index (χ1v) is 10.7. The summed E-state index contributed by atoms with van der Waals surface area (Å²) < 4.78 is 67.6. The van der Waals surface area contributed by atoms with Crippen molar-refractivity contribution in [1.29, 1.82) is 0 Å². The van der Waals surface area contributed by atoms with Crippen LogP contribution in [0.4, 0.5) is 22.0 Å². The summed E-state index contributed by atoms with van der Waals surface area (Å²) in [4.78, 5) is 28.5. The Bertz CT molecular complexity index is 1090. The third-order valence-electron chi connectivity index (χ3n) is 6.29. The fourth-order valence-corrected chi connectivity index (χ4v) is 4.58. The van der Waals surface area contributed by atoms with E-state index in [-0.39, 0.29) is 61.5 Å². The highest BCUT2D eigenvalue weighted by atomic mass is 19.4. The van der Waals surface area contributed by atoms with Crippen molar-refractivity contribution < 1.29 is 31.5 Å². The van der Waals surface area contributed by atoms with Crippen molar-refractivity contribution in [1.82, 2.24) is 20.0 Å². The first-order valence-electron chi connectivity index (χ1n) is 10.7. The molecule has 2 aliphatic heterocycles. The number of rotatable bonds is 3. The maximum atomic E-state index is 14.0. The van der Waals surface area contributed by atoms with Crippen LogP contribution in [-0.4, -0.2) is 44.9 Å². The van der Waals surface area contributed by atoms with Crippen molar-refractivity contribution >= 4 is 11.8 Å². The second-order valence-electron chi connectivity index (χ2n) is 8.77. The van der Waals surface area contributed by atoms with Gasteiger partial charge < -0.3 is 9.80 Å². The van der Waals surface area contributed by atoms with Crippen LogP contribution < -0.4 is 0 Å². The lowest BCUT2D eigenvalue weighted by Crippen LogP contribution is -2.39. The van der Waals surface area contributed by atoms with Gasteiger partial charge in [-0.1, -0.05) is 19.9 Å². The van der Waals surface area contributed by atoms with E-state index >= 15 is 0 Å². The summed E-state index contributed by atoms with van der Waals surface area (Å²) in [5, 5.41) is 6.91. The summed E-state index contributed by atoms with van der Waals surface area (Å²) in [7, 11) is 0. The molecular formula is C22H23F5N4O2. The number of likely N-dealkylation sites (tertiary alicyclic amines) is 1. The quantitative estimate of drug-likeness (QED) is 0.683. The molecule has 0 radical (unpaired) electrons. The predicted molar refractivity (Wildman–Crippen MR) is 107 cm³/mol. The molecule has 11 heteroatoms. The minimum Gasteiger partial charge on any atom is -0.337 e. The molecule has 178 valence electrons. The molecule has 4 rings (SSSR count). The number of halogens is 5. The highest BCUT2D eigenvalue weighted by molar-refractivity contribution is 5.94. The van der Waals surface area contributed by atoms with E-state index in [1.165, 1.54) is 4.90 Å². The Morgan fingerprint density at radius 1 is 1.09 bits per heavy atom. The average Bonchev–Trinajstić information content (AvgIpc) is 3.34. The summed E-state index contributed by atoms with van der Waals surface area (Å²) in [6, 6.07) is 1.68. The number of H-pyrrole nitrogens is 1. The number of fused-ring (bicyclic) bond motifs is 1. The fourth-order valence-electron chi connectivity index (χ4n) is 4.58. The number of carbonyl (C=O) groups excluding carboxylic acids is 2. The molecule has 0 bridgehead atoms. The van der Waals surface area contributed by atoms with Gasteiger partial charge in [-0.15, -0.1) is 0 Å². The molecule has 1 aromatic heterocycles. The smallest absolute Gasteiger partial charge is 0.337 e. The van der Waals surface area contributed by atoms with Crippen molar-refractivity contribution in [3.8, 4) is 0 Å². The Kier molecular flexibility index (Phi) is 5.92. The van der Waals surface area contributed by atoms with Crippen molar-refractivity contribution in [2.45, 2.75) is 51.9 Å². The van der Waals surface area contributed by atoms with Gasteiger partial charge in [0.25, 0.3) is 5.91 Å². The number of piperidine rings is 1. The zero-order chi connectivity index (χ0) is 24.1. The van der Waals surface area contributed by atoms with Gasteiger partial charge in [0.1, 0.15) is 0 Å². The molecule has 1 aromatic carbocycles. The van der Waals surface area contributed by atoms with Gasteiger partial charge in [-0.05, 0) is 30.4 Å². The maximum absolute atomic E-state index is 14.0. The number of aromatic amines is 1. The molecule has 1 N–H and O–H groups in total. The zero-order valence-electron chi connectivity index (χ0n) is 18.1. The van der Waals surface area contributed by atoms with Crippen LogP contribution in [-0.2, 0) is 24.1 Å². The molecule has 33 heavy (non-hydrogen) atoms. The van der Waals surface area contributed by atoms with Gasteiger partial charge in [0.2, 0.25) is 5.91 Å². The van der Waals surface area contributed by atoms with Gasteiger partial charge in [-0.2, -0.15) is 18.3 Å². The lowest BCUT2D eigenvalue weighted by atomic mass is 9.86. The number of nitrogens with zero attached hydrogens (tertiary/aromatic N) is 3. The molecule has 6 nitrogen and oxygen atoms in total. The molecule has 2 aliphatic rings. The van der Waals surface area contributed by atoms with Gasteiger partial charge >= 0.3 is 6.18 Å². The summed E-state index contributed by atoms with van der Waals surface area (Å²) >= 11 is 0. The van der Waals surface area contributed by atoms with Crippen LogP contribution in [0.2, 0.25) is 0 Å². The third-order valence-corrected chi connectivity index (χ3v) is 6.29. The van der Waals surface area contributed by atoms with Gasteiger partial charge in [-0.3, -0.25) is 14.7 Å². The van der Waals surface area contributed by atoms with E-state index in [0.29, 0.717) is 23.9 Å². The molecule has 0 spiro atoms. The van der Waals surface area contributed by atoms with E-state index in [1.807, 2.05) is 0 Å². The average molecular weight is 470 g/mol. The Labute approximate surface area is 186 Å². The number of alkyl halides is 3. The van der Waals surface area contributed by atoms with Gasteiger partial charge in [0.05, 0.1) is 24.3 Å². The Morgan fingerprint density at radius 3 is 2.36 bits per heavy atom. The van der Waals surface area contributed by atoms with Crippen molar-refractivity contribution in [2.24, 2.45) is 5.92 Å². The maximum Gasteiger partial charge on any atom is 0.419 e. The van der Waals surface area contributed by atoms with Crippen LogP contribution in [0.5, 0.6) is 0 Å². The molecule has 1 saturated heterocycles. The van der Waals surface area contributed by atoms with E-state index in [9.17, 15) is 31.5 Å². The van der Waals surface area contributed by atoms with E-state index in [1.54, 1.807) is 18.7 Å². The molecular weight excluding hydrogens is 447 g/mol. The molecule has 0 atom stereocenters. The third kappa shape index (κ3) is 4.20. The monoisotopic (exact) mass is 470 g/mol. The SMILES string of the molecule is CC(C)C(=O)N1Cc2[nH]nc(C(=O)N3CCC(c4ccc(F)c(F)c4C(F)(F)F)CC3)c2C1. The number of nitrogens with one attached hydrogen (secondary N) is 1. The second-order valence-corrected chi connectivity index (χ2v) is 8.77. The Balaban J connectivity index is 1.47. The van der Waals surface area contributed by atoms with Crippen LogP contribution in [0.15, 0.2) is 12.1 Å². The molecule has 0 unspecified atom stereocenters. The number of hydrogen-bond donors (Lipinski definition) is 1. The number of aromatic nitrogens is 2. The molecule has 0 aliphatic carbocycles. The summed E-state index contributed by atoms with van der Waals surface area (Å²) in [5.41, 5.74) is -0.328. The van der Waals surface area contributed by atoms with Crippen LogP contribution in [0.1, 0.15) is 65.5 Å². The van der Waals surface area contributed by atoms with E-state index in [0.717, 1.165) is 6.07 Å². The normalized spacial score (nSPS) is 17.1. The van der Waals surface area contributed by atoms with Crippen LogP contribution in [0, 0.1) is 17.6 Å². The minimum absolute atomic E-state index is 0.0363. The molecule has 2 amide bonds. The number of carbonyl (C=O) groups is 2. The molecule has 3 heterocycles. The first kappa shape index (κ1) is 23.2. The fraction of sp³-hybridized carbons (Fsp3) is 0.500. The Hall–Kier alpha value is -2.98. The first-order chi connectivity index (χ1) is 15.5. The summed E-state index contributed by atoms with van der Waals surface area (Å²) in [6.07, 6.45) is -4.68. The van der Waals surface area contributed by atoms with Crippen molar-refractivity contribution in [2.75, 3.05) is 13.1 Å². The van der Waals surface area contributed by atoms with Crippen molar-refractivity contribution in [3.63, 3.8) is 0 Å².